The van der Waals surface area contributed by atoms with Crippen molar-refractivity contribution >= 4 is 11.6 Å². The summed E-state index contributed by atoms with van der Waals surface area (Å²) in [6.07, 6.45) is 0. The van der Waals surface area contributed by atoms with Crippen LogP contribution in [0.5, 0.6) is 0 Å². The van der Waals surface area contributed by atoms with Crippen LogP contribution in [0, 0.1) is 13.8 Å². The molecule has 0 bridgehead atoms. The Labute approximate surface area is 131 Å². The van der Waals surface area contributed by atoms with Gasteiger partial charge in [-0.2, -0.15) is 0 Å². The molecule has 0 aliphatic heterocycles. The number of rotatable bonds is 6. The third-order valence-electron chi connectivity index (χ3n) is 3.78. The fourth-order valence-corrected chi connectivity index (χ4v) is 2.39. The standard InChI is InChI=1S/C17H23N3O2/c1-5-20(14(4)21)11-15-7-6-8-16(9-15)18-10-17-12(2)19-22-13(17)3/h6-9,18H,5,10-11H2,1-4H3. The van der Waals surface area contributed by atoms with Crippen LogP contribution in [-0.2, 0) is 17.9 Å². The fourth-order valence-electron chi connectivity index (χ4n) is 2.39. The van der Waals surface area contributed by atoms with Crippen molar-refractivity contribution in [1.82, 2.24) is 10.1 Å². The summed E-state index contributed by atoms with van der Waals surface area (Å²) in [6.45, 7) is 9.47. The van der Waals surface area contributed by atoms with Gasteiger partial charge in [-0.25, -0.2) is 0 Å². The lowest BCUT2D eigenvalue weighted by atomic mass is 10.1. The first-order valence-corrected chi connectivity index (χ1v) is 7.51. The molecule has 5 heteroatoms. The van der Waals surface area contributed by atoms with E-state index in [2.05, 4.69) is 16.5 Å². The Hall–Kier alpha value is -2.30. The molecule has 1 N–H and O–H groups in total. The van der Waals surface area contributed by atoms with Gasteiger partial charge in [-0.3, -0.25) is 4.79 Å². The quantitative estimate of drug-likeness (QED) is 0.889. The van der Waals surface area contributed by atoms with Crippen LogP contribution in [0.25, 0.3) is 0 Å². The van der Waals surface area contributed by atoms with Gasteiger partial charge in [0.1, 0.15) is 5.76 Å². The maximum atomic E-state index is 11.5. The fraction of sp³-hybridized carbons (Fsp3) is 0.412. The predicted molar refractivity (Wildman–Crippen MR) is 86.5 cm³/mol. The van der Waals surface area contributed by atoms with Gasteiger partial charge in [-0.05, 0) is 38.5 Å². The SMILES string of the molecule is CCN(Cc1cccc(NCc2c(C)noc2C)c1)C(C)=O. The lowest BCUT2D eigenvalue weighted by Crippen LogP contribution is -2.27. The van der Waals surface area contributed by atoms with Crippen molar-refractivity contribution in [2.45, 2.75) is 40.8 Å². The number of nitrogens with one attached hydrogen (secondary N) is 1. The summed E-state index contributed by atoms with van der Waals surface area (Å²) in [5.74, 6) is 0.937. The molecule has 5 nitrogen and oxygen atoms in total. The highest BCUT2D eigenvalue weighted by atomic mass is 16.5. The van der Waals surface area contributed by atoms with E-state index in [9.17, 15) is 4.79 Å². The Kier molecular flexibility index (Phi) is 5.20. The molecule has 0 atom stereocenters. The minimum absolute atomic E-state index is 0.0941. The number of benzene rings is 1. The first kappa shape index (κ1) is 16.1. The number of amides is 1. The number of carbonyl (C=O) groups is 1. The maximum Gasteiger partial charge on any atom is 0.219 e. The summed E-state index contributed by atoms with van der Waals surface area (Å²) < 4.78 is 5.17. The van der Waals surface area contributed by atoms with E-state index in [1.54, 1.807) is 6.92 Å². The zero-order valence-electron chi connectivity index (χ0n) is 13.6. The van der Waals surface area contributed by atoms with Gasteiger partial charge in [-0.15, -0.1) is 0 Å². The van der Waals surface area contributed by atoms with Crippen molar-refractivity contribution in [3.63, 3.8) is 0 Å². The Bertz CT molecular complexity index is 630. The van der Waals surface area contributed by atoms with Crippen LogP contribution in [0.15, 0.2) is 28.8 Å². The molecule has 0 aliphatic carbocycles. The molecular formula is C17H23N3O2. The topological polar surface area (TPSA) is 58.4 Å². The number of carbonyl (C=O) groups excluding carboxylic acids is 1. The molecule has 118 valence electrons. The van der Waals surface area contributed by atoms with Crippen LogP contribution in [0.3, 0.4) is 0 Å². The number of nitrogens with zero attached hydrogens (tertiary/aromatic N) is 2. The predicted octanol–water partition coefficient (Wildman–Crippen LogP) is 3.27. The minimum atomic E-state index is 0.0941. The third kappa shape index (κ3) is 3.87. The van der Waals surface area contributed by atoms with E-state index in [1.165, 1.54) is 0 Å². The van der Waals surface area contributed by atoms with Gasteiger partial charge in [0.05, 0.1) is 5.69 Å². The highest BCUT2D eigenvalue weighted by Crippen LogP contribution is 2.17. The van der Waals surface area contributed by atoms with Gasteiger partial charge in [0, 0.05) is 37.8 Å². The smallest absolute Gasteiger partial charge is 0.219 e. The second-order valence-corrected chi connectivity index (χ2v) is 5.39. The number of aryl methyl sites for hydroxylation is 2. The van der Waals surface area contributed by atoms with Crippen molar-refractivity contribution < 1.29 is 9.32 Å². The van der Waals surface area contributed by atoms with Crippen molar-refractivity contribution in [3.8, 4) is 0 Å². The summed E-state index contributed by atoms with van der Waals surface area (Å²) in [5, 5.41) is 7.34. The van der Waals surface area contributed by atoms with Gasteiger partial charge in [-0.1, -0.05) is 17.3 Å². The molecule has 2 aromatic rings. The normalized spacial score (nSPS) is 10.5. The largest absolute Gasteiger partial charge is 0.381 e. The Morgan fingerprint density at radius 1 is 1.36 bits per heavy atom. The van der Waals surface area contributed by atoms with Crippen LogP contribution < -0.4 is 5.32 Å². The third-order valence-corrected chi connectivity index (χ3v) is 3.78. The second kappa shape index (κ2) is 7.11. The molecule has 0 unspecified atom stereocenters. The molecule has 0 saturated heterocycles. The van der Waals surface area contributed by atoms with Crippen LogP contribution in [0.2, 0.25) is 0 Å². The second-order valence-electron chi connectivity index (χ2n) is 5.39. The van der Waals surface area contributed by atoms with Crippen LogP contribution in [0.1, 0.15) is 36.4 Å². The molecule has 1 heterocycles. The summed E-state index contributed by atoms with van der Waals surface area (Å²) >= 11 is 0. The highest BCUT2D eigenvalue weighted by molar-refractivity contribution is 5.73. The zero-order chi connectivity index (χ0) is 16.1. The molecular weight excluding hydrogens is 278 g/mol. The summed E-state index contributed by atoms with van der Waals surface area (Å²) in [4.78, 5) is 13.3. The van der Waals surface area contributed by atoms with Gasteiger partial charge < -0.3 is 14.7 Å². The number of hydrogen-bond acceptors (Lipinski definition) is 4. The Morgan fingerprint density at radius 2 is 2.14 bits per heavy atom. The molecule has 1 aromatic heterocycles. The van der Waals surface area contributed by atoms with Gasteiger partial charge in [0.25, 0.3) is 0 Å². The average molecular weight is 301 g/mol. The molecule has 0 saturated carbocycles. The van der Waals surface area contributed by atoms with E-state index in [-0.39, 0.29) is 5.91 Å². The lowest BCUT2D eigenvalue weighted by Gasteiger charge is -2.19. The van der Waals surface area contributed by atoms with Crippen LogP contribution >= 0.6 is 0 Å². The van der Waals surface area contributed by atoms with E-state index in [0.29, 0.717) is 19.6 Å². The van der Waals surface area contributed by atoms with Crippen molar-refractivity contribution in [1.29, 1.82) is 0 Å². The summed E-state index contributed by atoms with van der Waals surface area (Å²) in [7, 11) is 0. The minimum Gasteiger partial charge on any atom is -0.381 e. The molecule has 0 aliphatic rings. The molecule has 2 rings (SSSR count). The highest BCUT2D eigenvalue weighted by Gasteiger charge is 2.09. The summed E-state index contributed by atoms with van der Waals surface area (Å²) in [6, 6.07) is 8.13. The average Bonchev–Trinajstić information content (AvgIpc) is 2.81. The Morgan fingerprint density at radius 3 is 2.73 bits per heavy atom. The lowest BCUT2D eigenvalue weighted by molar-refractivity contribution is -0.129. The summed E-state index contributed by atoms with van der Waals surface area (Å²) in [5.41, 5.74) is 4.14. The molecule has 0 radical (unpaired) electrons. The van der Waals surface area contributed by atoms with E-state index < -0.39 is 0 Å². The number of hydrogen-bond donors (Lipinski definition) is 1. The van der Waals surface area contributed by atoms with E-state index in [1.807, 2.05) is 43.9 Å². The van der Waals surface area contributed by atoms with Crippen molar-refractivity contribution in [2.75, 3.05) is 11.9 Å². The molecule has 1 aromatic carbocycles. The molecule has 0 fully saturated rings. The Balaban J connectivity index is 2.04. The number of aromatic nitrogens is 1. The van der Waals surface area contributed by atoms with E-state index in [4.69, 9.17) is 4.52 Å². The number of anilines is 1. The first-order chi connectivity index (χ1) is 10.5. The van der Waals surface area contributed by atoms with E-state index in [0.717, 1.165) is 28.3 Å². The van der Waals surface area contributed by atoms with Crippen molar-refractivity contribution in [3.05, 3.63) is 46.8 Å². The molecule has 0 spiro atoms. The van der Waals surface area contributed by atoms with Crippen LogP contribution in [0.4, 0.5) is 5.69 Å². The maximum absolute atomic E-state index is 11.5. The first-order valence-electron chi connectivity index (χ1n) is 7.51. The van der Waals surface area contributed by atoms with Gasteiger partial charge in [0.15, 0.2) is 0 Å². The monoisotopic (exact) mass is 301 g/mol. The van der Waals surface area contributed by atoms with Gasteiger partial charge >= 0.3 is 0 Å². The van der Waals surface area contributed by atoms with E-state index >= 15 is 0 Å². The molecule has 1 amide bonds. The molecule has 22 heavy (non-hydrogen) atoms. The van der Waals surface area contributed by atoms with Gasteiger partial charge in [0.2, 0.25) is 5.91 Å². The van der Waals surface area contributed by atoms with Crippen molar-refractivity contribution in [2.24, 2.45) is 0 Å². The zero-order valence-corrected chi connectivity index (χ0v) is 13.6. The van der Waals surface area contributed by atoms with Crippen LogP contribution in [-0.4, -0.2) is 22.5 Å².